The van der Waals surface area contributed by atoms with Crippen LogP contribution in [0.25, 0.3) is 38.5 Å². The standard InChI is InChI=1S/C34H27F3N6O3S/c1-17-32(18(2)46-41-17)21-8-11-28-26(13-21)39-33(29-4-3-5-31(45)42(29)22-9-10-23(35)25(37)15-22)43(28)34-40-27(16-47-34)20-7-6-19(14-30(38)44)24(36)12-20/h6-13,15-16,29H,3-5,14H2,1-2H3,(H2,38,44)/t29-/m0/s1. The Hall–Kier alpha value is -5.30. The highest BCUT2D eigenvalue weighted by Crippen LogP contribution is 2.40. The van der Waals surface area contributed by atoms with Gasteiger partial charge in [-0.15, -0.1) is 11.3 Å². The first-order valence-electron chi connectivity index (χ1n) is 14.8. The third kappa shape index (κ3) is 5.46. The van der Waals surface area contributed by atoms with E-state index in [0.29, 0.717) is 51.8 Å². The summed E-state index contributed by atoms with van der Waals surface area (Å²) >= 11 is 1.30. The monoisotopic (exact) mass is 656 g/mol. The van der Waals surface area contributed by atoms with Gasteiger partial charge in [-0.1, -0.05) is 23.4 Å². The van der Waals surface area contributed by atoms with Crippen molar-refractivity contribution in [3.05, 3.63) is 100 Å². The number of imidazole rings is 1. The average Bonchev–Trinajstić information content (AvgIpc) is 3.75. The van der Waals surface area contributed by atoms with Crippen LogP contribution in [0.3, 0.4) is 0 Å². The number of rotatable bonds is 7. The van der Waals surface area contributed by atoms with Crippen LogP contribution in [0.1, 0.15) is 48.1 Å². The molecule has 1 fully saturated rings. The van der Waals surface area contributed by atoms with Crippen LogP contribution in [-0.4, -0.2) is 31.5 Å². The molecule has 1 saturated heterocycles. The van der Waals surface area contributed by atoms with Crippen LogP contribution in [0.2, 0.25) is 0 Å². The highest BCUT2D eigenvalue weighted by Gasteiger charge is 2.35. The van der Waals surface area contributed by atoms with E-state index in [1.165, 1.54) is 34.4 Å². The van der Waals surface area contributed by atoms with Crippen LogP contribution in [0.4, 0.5) is 18.9 Å². The van der Waals surface area contributed by atoms with Gasteiger partial charge in [0.2, 0.25) is 11.8 Å². The molecule has 0 aliphatic carbocycles. The predicted molar refractivity (Wildman–Crippen MR) is 170 cm³/mol. The van der Waals surface area contributed by atoms with Crippen molar-refractivity contribution in [3.8, 4) is 27.5 Å². The molecule has 3 aromatic heterocycles. The Morgan fingerprint density at radius 2 is 1.81 bits per heavy atom. The van der Waals surface area contributed by atoms with Crippen LogP contribution < -0.4 is 10.6 Å². The molecule has 2 amide bonds. The molecule has 13 heteroatoms. The molecule has 1 aliphatic rings. The van der Waals surface area contributed by atoms with E-state index in [2.05, 4.69) is 5.16 Å². The summed E-state index contributed by atoms with van der Waals surface area (Å²) in [7, 11) is 0. The molecule has 9 nitrogen and oxygen atoms in total. The first-order chi connectivity index (χ1) is 22.6. The number of fused-ring (bicyclic) bond motifs is 1. The summed E-state index contributed by atoms with van der Waals surface area (Å²) in [5.74, 6) is -2.38. The van der Waals surface area contributed by atoms with Crippen molar-refractivity contribution in [2.45, 2.75) is 45.6 Å². The van der Waals surface area contributed by atoms with Crippen molar-refractivity contribution in [2.24, 2.45) is 5.73 Å². The summed E-state index contributed by atoms with van der Waals surface area (Å²) < 4.78 is 50.4. The summed E-state index contributed by atoms with van der Waals surface area (Å²) in [6.07, 6.45) is 1.10. The number of piperidine rings is 1. The molecule has 0 radical (unpaired) electrons. The highest BCUT2D eigenvalue weighted by molar-refractivity contribution is 7.12. The number of hydrogen-bond donors (Lipinski definition) is 1. The SMILES string of the molecule is Cc1noc(C)c1-c1ccc2c(c1)nc([C@@H]1CCCC(=O)N1c1ccc(F)c(F)c1)n2-c1nc(-c2ccc(CC(N)=O)c(F)c2)cs1. The Bertz CT molecular complexity index is 2190. The third-order valence-corrected chi connectivity index (χ3v) is 9.15. The minimum absolute atomic E-state index is 0.188. The fourth-order valence-electron chi connectivity index (χ4n) is 6.18. The smallest absolute Gasteiger partial charge is 0.227 e. The number of nitrogens with zero attached hydrogens (tertiary/aromatic N) is 5. The molecule has 0 unspecified atom stereocenters. The van der Waals surface area contributed by atoms with Gasteiger partial charge in [0, 0.05) is 34.7 Å². The van der Waals surface area contributed by atoms with E-state index in [-0.39, 0.29) is 30.0 Å². The van der Waals surface area contributed by atoms with E-state index in [9.17, 15) is 22.8 Å². The van der Waals surface area contributed by atoms with Gasteiger partial charge in [0.15, 0.2) is 16.8 Å². The van der Waals surface area contributed by atoms with Crippen LogP contribution in [0, 0.1) is 31.3 Å². The Morgan fingerprint density at radius 1 is 1.00 bits per heavy atom. The van der Waals surface area contributed by atoms with Gasteiger partial charge >= 0.3 is 0 Å². The van der Waals surface area contributed by atoms with Crippen molar-refractivity contribution >= 4 is 39.9 Å². The van der Waals surface area contributed by atoms with E-state index in [1.807, 2.05) is 36.6 Å². The number of carbonyl (C=O) groups excluding carboxylic acids is 2. The minimum Gasteiger partial charge on any atom is -0.369 e. The molecule has 0 spiro atoms. The van der Waals surface area contributed by atoms with Crippen LogP contribution in [0.15, 0.2) is 64.5 Å². The fourth-order valence-corrected chi connectivity index (χ4v) is 7.04. The maximum atomic E-state index is 14.9. The number of carbonyl (C=O) groups is 2. The topological polar surface area (TPSA) is 120 Å². The first kappa shape index (κ1) is 30.4. The number of nitrogens with two attached hydrogens (primary N) is 1. The molecular formula is C34H27F3N6O3S. The number of benzene rings is 3. The lowest BCUT2D eigenvalue weighted by Crippen LogP contribution is -2.39. The molecule has 4 heterocycles. The van der Waals surface area contributed by atoms with Gasteiger partial charge in [-0.25, -0.2) is 23.1 Å². The number of aryl methyl sites for hydroxylation is 2. The summed E-state index contributed by atoms with van der Waals surface area (Å²) in [5.41, 5.74) is 10.4. The maximum Gasteiger partial charge on any atom is 0.227 e. The molecular weight excluding hydrogens is 629 g/mol. The zero-order valence-corrected chi connectivity index (χ0v) is 26.1. The first-order valence-corrected chi connectivity index (χ1v) is 15.7. The van der Waals surface area contributed by atoms with Gasteiger partial charge in [0.1, 0.15) is 17.4 Å². The molecule has 3 aromatic carbocycles. The summed E-state index contributed by atoms with van der Waals surface area (Å²) in [6, 6.07) is 13.0. The summed E-state index contributed by atoms with van der Waals surface area (Å²) in [5, 5.41) is 6.37. The van der Waals surface area contributed by atoms with Crippen molar-refractivity contribution in [1.29, 1.82) is 0 Å². The lowest BCUT2D eigenvalue weighted by atomic mass is 9.99. The lowest BCUT2D eigenvalue weighted by molar-refractivity contribution is -0.120. The average molecular weight is 657 g/mol. The molecule has 2 N–H and O–H groups in total. The summed E-state index contributed by atoms with van der Waals surface area (Å²) in [6.45, 7) is 3.69. The zero-order valence-electron chi connectivity index (χ0n) is 25.3. The van der Waals surface area contributed by atoms with Crippen LogP contribution >= 0.6 is 11.3 Å². The molecule has 0 saturated carbocycles. The van der Waals surface area contributed by atoms with E-state index in [4.69, 9.17) is 20.2 Å². The van der Waals surface area contributed by atoms with E-state index in [0.717, 1.165) is 29.0 Å². The molecule has 6 aromatic rings. The maximum absolute atomic E-state index is 14.9. The highest BCUT2D eigenvalue weighted by atomic mass is 32.1. The molecule has 7 rings (SSSR count). The number of anilines is 1. The van der Waals surface area contributed by atoms with Gasteiger partial charge < -0.3 is 15.2 Å². The largest absolute Gasteiger partial charge is 0.369 e. The van der Waals surface area contributed by atoms with E-state index < -0.39 is 29.4 Å². The number of hydrogen-bond acceptors (Lipinski definition) is 7. The number of aromatic nitrogens is 4. The second kappa shape index (κ2) is 11.8. The number of thiazole rings is 1. The second-order valence-corrected chi connectivity index (χ2v) is 12.3. The molecule has 47 heavy (non-hydrogen) atoms. The van der Waals surface area contributed by atoms with Gasteiger partial charge in [0.05, 0.1) is 34.9 Å². The fraction of sp³-hybridized carbons (Fsp3) is 0.206. The van der Waals surface area contributed by atoms with Crippen molar-refractivity contribution in [2.75, 3.05) is 4.90 Å². The second-order valence-electron chi connectivity index (χ2n) is 11.4. The molecule has 238 valence electrons. The number of amides is 2. The van der Waals surface area contributed by atoms with Gasteiger partial charge in [0.25, 0.3) is 0 Å². The van der Waals surface area contributed by atoms with Gasteiger partial charge in [-0.05, 0) is 68.1 Å². The van der Waals surface area contributed by atoms with Gasteiger partial charge in [-0.2, -0.15) is 0 Å². The minimum atomic E-state index is -1.06. The quantitative estimate of drug-likeness (QED) is 0.195. The van der Waals surface area contributed by atoms with E-state index >= 15 is 0 Å². The number of primary amides is 1. The third-order valence-electron chi connectivity index (χ3n) is 8.33. The summed E-state index contributed by atoms with van der Waals surface area (Å²) in [4.78, 5) is 36.1. The predicted octanol–water partition coefficient (Wildman–Crippen LogP) is 7.12. The Labute approximate surface area is 270 Å². The molecule has 0 bridgehead atoms. The van der Waals surface area contributed by atoms with Crippen LogP contribution in [-0.2, 0) is 16.0 Å². The zero-order chi connectivity index (χ0) is 33.0. The normalized spacial score (nSPS) is 15.1. The number of halogens is 3. The van der Waals surface area contributed by atoms with Crippen molar-refractivity contribution in [1.82, 2.24) is 19.7 Å². The molecule has 1 atom stereocenters. The van der Waals surface area contributed by atoms with E-state index in [1.54, 1.807) is 11.4 Å². The van der Waals surface area contributed by atoms with Crippen LogP contribution in [0.5, 0.6) is 0 Å². The van der Waals surface area contributed by atoms with Crippen molar-refractivity contribution < 1.29 is 27.3 Å². The Balaban J connectivity index is 1.39. The lowest BCUT2D eigenvalue weighted by Gasteiger charge is -2.35. The van der Waals surface area contributed by atoms with Crippen molar-refractivity contribution in [3.63, 3.8) is 0 Å². The Kier molecular flexibility index (Phi) is 7.63. The Morgan fingerprint density at radius 3 is 2.53 bits per heavy atom. The van der Waals surface area contributed by atoms with Gasteiger partial charge in [-0.3, -0.25) is 14.2 Å². The molecule has 1 aliphatic heterocycles.